The lowest BCUT2D eigenvalue weighted by atomic mass is 9.85. The minimum atomic E-state index is -3.65. The monoisotopic (exact) mass is 422 g/mol. The zero-order chi connectivity index (χ0) is 21.1. The van der Waals surface area contributed by atoms with Gasteiger partial charge >= 0.3 is 7.60 Å². The SMILES string of the molecule is CCOP(=O)(OCC)C1(Cc2ccccc2)OC1(c1ccccc1)c1ccccc1. The Balaban J connectivity index is 1.94. The zero-order valence-corrected chi connectivity index (χ0v) is 18.3. The van der Waals surface area contributed by atoms with E-state index in [1.807, 2.05) is 105 Å². The first-order valence-corrected chi connectivity index (χ1v) is 11.9. The second-order valence-electron chi connectivity index (χ2n) is 7.30. The second-order valence-corrected chi connectivity index (χ2v) is 9.53. The van der Waals surface area contributed by atoms with Gasteiger partial charge in [0.25, 0.3) is 0 Å². The van der Waals surface area contributed by atoms with E-state index in [4.69, 9.17) is 13.8 Å². The summed E-state index contributed by atoms with van der Waals surface area (Å²) in [6.07, 6.45) is 0.412. The Bertz CT molecular complexity index is 958. The molecule has 0 aromatic heterocycles. The van der Waals surface area contributed by atoms with E-state index >= 15 is 0 Å². The third-order valence-electron chi connectivity index (χ3n) is 5.52. The van der Waals surface area contributed by atoms with Crippen LogP contribution in [0.1, 0.15) is 30.5 Å². The molecular formula is C25H27O4P. The molecular weight excluding hydrogens is 395 g/mol. The van der Waals surface area contributed by atoms with Crippen LogP contribution in [0.5, 0.6) is 0 Å². The molecule has 0 saturated carbocycles. The van der Waals surface area contributed by atoms with Crippen LogP contribution in [0.25, 0.3) is 0 Å². The lowest BCUT2D eigenvalue weighted by molar-refractivity contribution is 0.186. The van der Waals surface area contributed by atoms with E-state index in [9.17, 15) is 4.57 Å². The number of epoxide rings is 1. The summed E-state index contributed by atoms with van der Waals surface area (Å²) in [7, 11) is -3.65. The molecule has 156 valence electrons. The fraction of sp³-hybridized carbons (Fsp3) is 0.280. The molecule has 4 nitrogen and oxygen atoms in total. The first-order valence-electron chi connectivity index (χ1n) is 10.4. The largest absolute Gasteiger partial charge is 0.366 e. The van der Waals surface area contributed by atoms with Crippen LogP contribution in [0.2, 0.25) is 0 Å². The number of rotatable bonds is 9. The molecule has 0 aliphatic carbocycles. The van der Waals surface area contributed by atoms with Crippen molar-refractivity contribution in [3.63, 3.8) is 0 Å². The normalized spacial score (nSPS) is 20.1. The average molecular weight is 422 g/mol. The molecule has 1 saturated heterocycles. The van der Waals surface area contributed by atoms with E-state index in [-0.39, 0.29) is 13.2 Å². The van der Waals surface area contributed by atoms with E-state index < -0.39 is 18.5 Å². The van der Waals surface area contributed by atoms with E-state index in [0.29, 0.717) is 6.42 Å². The molecule has 5 heteroatoms. The first-order chi connectivity index (χ1) is 14.6. The van der Waals surface area contributed by atoms with Crippen LogP contribution in [-0.4, -0.2) is 18.6 Å². The lowest BCUT2D eigenvalue weighted by Crippen LogP contribution is -2.30. The van der Waals surface area contributed by atoms with Gasteiger partial charge in [0.1, 0.15) is 0 Å². The molecule has 0 bridgehead atoms. The van der Waals surface area contributed by atoms with E-state index in [1.54, 1.807) is 0 Å². The molecule has 0 spiro atoms. The number of ether oxygens (including phenoxy) is 1. The van der Waals surface area contributed by atoms with Crippen molar-refractivity contribution in [1.29, 1.82) is 0 Å². The Morgan fingerprint density at radius 3 is 1.60 bits per heavy atom. The summed E-state index contributed by atoms with van der Waals surface area (Å²) in [4.78, 5) is 0. The third-order valence-corrected chi connectivity index (χ3v) is 8.16. The Morgan fingerprint density at radius 1 is 0.733 bits per heavy atom. The van der Waals surface area contributed by atoms with E-state index in [2.05, 4.69) is 0 Å². The van der Waals surface area contributed by atoms with Gasteiger partial charge < -0.3 is 13.8 Å². The van der Waals surface area contributed by atoms with Crippen LogP contribution in [0.15, 0.2) is 91.0 Å². The summed E-state index contributed by atoms with van der Waals surface area (Å²) in [5, 5.41) is -1.16. The molecule has 3 aromatic carbocycles. The predicted octanol–water partition coefficient (Wildman–Crippen LogP) is 6.17. The number of hydrogen-bond acceptors (Lipinski definition) is 4. The van der Waals surface area contributed by atoms with Crippen LogP contribution in [0.4, 0.5) is 0 Å². The van der Waals surface area contributed by atoms with Gasteiger partial charge in [0.05, 0.1) is 13.2 Å². The smallest absolute Gasteiger partial charge is 0.338 e. The summed E-state index contributed by atoms with van der Waals surface area (Å²) >= 11 is 0. The fourth-order valence-electron chi connectivity index (χ4n) is 4.27. The van der Waals surface area contributed by atoms with Crippen molar-refractivity contribution in [2.75, 3.05) is 13.2 Å². The lowest BCUT2D eigenvalue weighted by Gasteiger charge is -2.28. The Morgan fingerprint density at radius 2 is 1.17 bits per heavy atom. The van der Waals surface area contributed by atoms with Gasteiger partial charge in [-0.2, -0.15) is 0 Å². The Kier molecular flexibility index (Phi) is 5.95. The van der Waals surface area contributed by atoms with Crippen molar-refractivity contribution in [2.24, 2.45) is 0 Å². The van der Waals surface area contributed by atoms with Gasteiger partial charge in [0, 0.05) is 6.42 Å². The van der Waals surface area contributed by atoms with Crippen molar-refractivity contribution < 1.29 is 18.3 Å². The highest BCUT2D eigenvalue weighted by molar-refractivity contribution is 7.56. The molecule has 1 aliphatic heterocycles. The number of hydrogen-bond donors (Lipinski definition) is 0. The van der Waals surface area contributed by atoms with Gasteiger partial charge in [-0.15, -0.1) is 0 Å². The molecule has 0 N–H and O–H groups in total. The second kappa shape index (κ2) is 8.49. The van der Waals surface area contributed by atoms with Gasteiger partial charge in [-0.3, -0.25) is 4.57 Å². The minimum absolute atomic E-state index is 0.275. The molecule has 1 atom stereocenters. The predicted molar refractivity (Wildman–Crippen MR) is 118 cm³/mol. The molecule has 30 heavy (non-hydrogen) atoms. The van der Waals surface area contributed by atoms with Crippen molar-refractivity contribution in [2.45, 2.75) is 31.2 Å². The van der Waals surface area contributed by atoms with Crippen LogP contribution in [-0.2, 0) is 30.4 Å². The van der Waals surface area contributed by atoms with Crippen LogP contribution in [0.3, 0.4) is 0 Å². The highest BCUT2D eigenvalue weighted by atomic mass is 31.2. The molecule has 0 amide bonds. The van der Waals surface area contributed by atoms with Gasteiger partial charge in [0.15, 0.2) is 5.60 Å². The molecule has 4 rings (SSSR count). The van der Waals surface area contributed by atoms with Gasteiger partial charge in [-0.1, -0.05) is 91.0 Å². The fourth-order valence-corrected chi connectivity index (χ4v) is 6.71. The van der Waals surface area contributed by atoms with Crippen molar-refractivity contribution in [3.05, 3.63) is 108 Å². The van der Waals surface area contributed by atoms with Crippen molar-refractivity contribution in [3.8, 4) is 0 Å². The molecule has 1 heterocycles. The van der Waals surface area contributed by atoms with E-state index in [0.717, 1.165) is 16.7 Å². The summed E-state index contributed by atoms with van der Waals surface area (Å²) in [6.45, 7) is 4.21. The number of benzene rings is 3. The van der Waals surface area contributed by atoms with Gasteiger partial charge in [-0.25, -0.2) is 0 Å². The first kappa shape index (κ1) is 21.0. The Labute approximate surface area is 178 Å². The molecule has 1 fully saturated rings. The maximum atomic E-state index is 14.3. The van der Waals surface area contributed by atoms with Crippen LogP contribution in [0, 0.1) is 0 Å². The highest BCUT2D eigenvalue weighted by Crippen LogP contribution is 2.80. The highest BCUT2D eigenvalue weighted by Gasteiger charge is 2.81. The van der Waals surface area contributed by atoms with Crippen molar-refractivity contribution >= 4 is 7.60 Å². The topological polar surface area (TPSA) is 48.1 Å². The van der Waals surface area contributed by atoms with Crippen LogP contribution < -0.4 is 0 Å². The van der Waals surface area contributed by atoms with Gasteiger partial charge in [0.2, 0.25) is 5.34 Å². The quantitative estimate of drug-likeness (QED) is 0.306. The standard InChI is InChI=1S/C25H27O4P/c1-3-27-30(26,28-4-2)24(20-21-14-8-5-9-15-21)25(29-24,22-16-10-6-11-17-22)23-18-12-7-13-19-23/h5-19H,3-4,20H2,1-2H3. The summed E-state index contributed by atoms with van der Waals surface area (Å²) in [6, 6.07) is 29.9. The summed E-state index contributed by atoms with van der Waals surface area (Å²) < 4.78 is 32.7. The summed E-state index contributed by atoms with van der Waals surface area (Å²) in [5.74, 6) is 0. The molecule has 3 aromatic rings. The maximum absolute atomic E-state index is 14.3. The zero-order valence-electron chi connectivity index (χ0n) is 17.4. The third kappa shape index (κ3) is 3.34. The maximum Gasteiger partial charge on any atom is 0.366 e. The molecule has 1 aliphatic rings. The summed E-state index contributed by atoms with van der Waals surface area (Å²) in [5.41, 5.74) is 1.97. The average Bonchev–Trinajstić information content (AvgIpc) is 3.47. The van der Waals surface area contributed by atoms with Gasteiger partial charge in [-0.05, 0) is 30.5 Å². The Hall–Kier alpha value is -2.23. The molecule has 0 radical (unpaired) electrons. The van der Waals surface area contributed by atoms with Crippen LogP contribution >= 0.6 is 7.60 Å². The molecule has 1 unspecified atom stereocenters. The van der Waals surface area contributed by atoms with Crippen molar-refractivity contribution in [1.82, 2.24) is 0 Å². The van der Waals surface area contributed by atoms with E-state index in [1.165, 1.54) is 0 Å². The minimum Gasteiger partial charge on any atom is -0.338 e.